The lowest BCUT2D eigenvalue weighted by Gasteiger charge is -2.33. The van der Waals surface area contributed by atoms with E-state index in [2.05, 4.69) is 18.7 Å². The van der Waals surface area contributed by atoms with Crippen LogP contribution < -0.4 is 0 Å². The number of aldehydes is 1. The highest BCUT2D eigenvalue weighted by Gasteiger charge is 2.20. The summed E-state index contributed by atoms with van der Waals surface area (Å²) in [6.45, 7) is 6.52. The van der Waals surface area contributed by atoms with Gasteiger partial charge in [0, 0.05) is 18.5 Å². The first-order valence-corrected chi connectivity index (χ1v) is 4.43. The van der Waals surface area contributed by atoms with Crippen molar-refractivity contribution in [2.45, 2.75) is 32.7 Å². The molecule has 0 aromatic rings. The van der Waals surface area contributed by atoms with Gasteiger partial charge in [0.25, 0.3) is 0 Å². The molecule has 0 aliphatic carbocycles. The molecular formula is C9H17NO. The Morgan fingerprint density at radius 2 is 2.27 bits per heavy atom. The van der Waals surface area contributed by atoms with Crippen molar-refractivity contribution in [1.82, 2.24) is 4.90 Å². The van der Waals surface area contributed by atoms with Crippen LogP contribution in [-0.4, -0.2) is 30.3 Å². The van der Waals surface area contributed by atoms with Crippen molar-refractivity contribution in [3.8, 4) is 0 Å². The number of hydrogen-bond donors (Lipinski definition) is 0. The maximum atomic E-state index is 10.5. The number of likely N-dealkylation sites (tertiary alicyclic amines) is 1. The minimum Gasteiger partial charge on any atom is -0.303 e. The van der Waals surface area contributed by atoms with Crippen LogP contribution in [0.5, 0.6) is 0 Å². The summed E-state index contributed by atoms with van der Waals surface area (Å²) in [4.78, 5) is 12.9. The van der Waals surface area contributed by atoms with Crippen molar-refractivity contribution in [3.63, 3.8) is 0 Å². The molecule has 0 aromatic carbocycles. The second-order valence-corrected chi connectivity index (χ2v) is 3.63. The summed E-state index contributed by atoms with van der Waals surface area (Å²) in [5.74, 6) is 0.297. The van der Waals surface area contributed by atoms with E-state index in [-0.39, 0.29) is 0 Å². The Kier molecular flexibility index (Phi) is 3.06. The highest BCUT2D eigenvalue weighted by atomic mass is 16.1. The van der Waals surface area contributed by atoms with Crippen molar-refractivity contribution in [2.75, 3.05) is 13.1 Å². The summed E-state index contributed by atoms with van der Waals surface area (Å²) in [6.07, 6.45) is 3.38. The standard InChI is InChI=1S/C9H17NO/c1-8(2)10-5-3-4-9(6-10)7-11/h7-9H,3-6H2,1-2H3/t9-/m0/s1. The van der Waals surface area contributed by atoms with Gasteiger partial charge in [0.1, 0.15) is 6.29 Å². The van der Waals surface area contributed by atoms with Crippen LogP contribution in [0.3, 0.4) is 0 Å². The molecule has 1 atom stereocenters. The average molecular weight is 155 g/mol. The molecule has 64 valence electrons. The fourth-order valence-electron chi connectivity index (χ4n) is 1.62. The molecule has 0 spiro atoms. The van der Waals surface area contributed by atoms with Crippen molar-refractivity contribution in [3.05, 3.63) is 0 Å². The van der Waals surface area contributed by atoms with Crippen molar-refractivity contribution in [1.29, 1.82) is 0 Å². The summed E-state index contributed by atoms with van der Waals surface area (Å²) < 4.78 is 0. The van der Waals surface area contributed by atoms with E-state index < -0.39 is 0 Å². The Balaban J connectivity index is 2.39. The minimum atomic E-state index is 0.297. The molecule has 11 heavy (non-hydrogen) atoms. The lowest BCUT2D eigenvalue weighted by Crippen LogP contribution is -2.40. The molecule has 0 bridgehead atoms. The van der Waals surface area contributed by atoms with Crippen LogP contribution in [0.15, 0.2) is 0 Å². The zero-order valence-electron chi connectivity index (χ0n) is 7.42. The SMILES string of the molecule is CC(C)N1CCC[C@H](C=O)C1. The third-order valence-corrected chi connectivity index (χ3v) is 2.41. The van der Waals surface area contributed by atoms with Gasteiger partial charge in [0.15, 0.2) is 0 Å². The van der Waals surface area contributed by atoms with Gasteiger partial charge in [-0.25, -0.2) is 0 Å². The van der Waals surface area contributed by atoms with Crippen LogP contribution in [0.25, 0.3) is 0 Å². The molecule has 1 rings (SSSR count). The minimum absolute atomic E-state index is 0.297. The van der Waals surface area contributed by atoms with E-state index in [0.717, 1.165) is 19.3 Å². The Hall–Kier alpha value is -0.370. The number of nitrogens with zero attached hydrogens (tertiary/aromatic N) is 1. The molecule has 2 heteroatoms. The number of piperidine rings is 1. The Bertz CT molecular complexity index is 134. The van der Waals surface area contributed by atoms with E-state index in [1.807, 2.05) is 0 Å². The molecule has 1 fully saturated rings. The van der Waals surface area contributed by atoms with E-state index in [0.29, 0.717) is 12.0 Å². The van der Waals surface area contributed by atoms with E-state index >= 15 is 0 Å². The van der Waals surface area contributed by atoms with Crippen LogP contribution in [0, 0.1) is 5.92 Å². The van der Waals surface area contributed by atoms with E-state index in [9.17, 15) is 4.79 Å². The number of rotatable bonds is 2. The molecule has 1 aliphatic heterocycles. The number of hydrogen-bond acceptors (Lipinski definition) is 2. The van der Waals surface area contributed by atoms with Crippen LogP contribution in [0.2, 0.25) is 0 Å². The first-order chi connectivity index (χ1) is 5.24. The smallest absolute Gasteiger partial charge is 0.124 e. The van der Waals surface area contributed by atoms with E-state index in [1.54, 1.807) is 0 Å². The van der Waals surface area contributed by atoms with Gasteiger partial charge >= 0.3 is 0 Å². The zero-order chi connectivity index (χ0) is 8.27. The highest BCUT2D eigenvalue weighted by molar-refractivity contribution is 5.53. The van der Waals surface area contributed by atoms with Crippen molar-refractivity contribution in [2.24, 2.45) is 5.92 Å². The fourth-order valence-corrected chi connectivity index (χ4v) is 1.62. The second-order valence-electron chi connectivity index (χ2n) is 3.63. The van der Waals surface area contributed by atoms with Gasteiger partial charge in [-0.15, -0.1) is 0 Å². The summed E-state index contributed by atoms with van der Waals surface area (Å²) in [5, 5.41) is 0. The molecule has 1 heterocycles. The average Bonchev–Trinajstić information content (AvgIpc) is 2.05. The van der Waals surface area contributed by atoms with Crippen molar-refractivity contribution < 1.29 is 4.79 Å². The lowest BCUT2D eigenvalue weighted by molar-refractivity contribution is -0.112. The summed E-state index contributed by atoms with van der Waals surface area (Å²) in [5.41, 5.74) is 0. The quantitative estimate of drug-likeness (QED) is 0.560. The van der Waals surface area contributed by atoms with Gasteiger partial charge in [0.2, 0.25) is 0 Å². The lowest BCUT2D eigenvalue weighted by atomic mass is 9.99. The zero-order valence-corrected chi connectivity index (χ0v) is 7.42. The number of carbonyl (C=O) groups excluding carboxylic acids is 1. The first-order valence-electron chi connectivity index (χ1n) is 4.43. The monoisotopic (exact) mass is 155 g/mol. The highest BCUT2D eigenvalue weighted by Crippen LogP contribution is 2.15. The van der Waals surface area contributed by atoms with Gasteiger partial charge in [-0.2, -0.15) is 0 Å². The van der Waals surface area contributed by atoms with Crippen LogP contribution >= 0.6 is 0 Å². The molecule has 0 amide bonds. The molecule has 0 N–H and O–H groups in total. The van der Waals surface area contributed by atoms with Gasteiger partial charge in [-0.1, -0.05) is 0 Å². The van der Waals surface area contributed by atoms with Gasteiger partial charge in [0.05, 0.1) is 0 Å². The van der Waals surface area contributed by atoms with Crippen LogP contribution in [0.4, 0.5) is 0 Å². The third-order valence-electron chi connectivity index (χ3n) is 2.41. The topological polar surface area (TPSA) is 20.3 Å². The van der Waals surface area contributed by atoms with E-state index in [4.69, 9.17) is 0 Å². The van der Waals surface area contributed by atoms with E-state index in [1.165, 1.54) is 13.0 Å². The molecule has 1 saturated heterocycles. The normalized spacial score (nSPS) is 27.4. The summed E-state index contributed by atoms with van der Waals surface area (Å²) >= 11 is 0. The molecule has 0 radical (unpaired) electrons. The predicted octanol–water partition coefficient (Wildman–Crippen LogP) is 1.31. The van der Waals surface area contributed by atoms with Crippen LogP contribution in [-0.2, 0) is 4.79 Å². The van der Waals surface area contributed by atoms with Crippen LogP contribution in [0.1, 0.15) is 26.7 Å². The Labute approximate surface area is 68.6 Å². The fraction of sp³-hybridized carbons (Fsp3) is 0.889. The Morgan fingerprint density at radius 1 is 1.55 bits per heavy atom. The maximum absolute atomic E-state index is 10.5. The molecule has 0 aromatic heterocycles. The van der Waals surface area contributed by atoms with Gasteiger partial charge < -0.3 is 9.69 Å². The Morgan fingerprint density at radius 3 is 2.82 bits per heavy atom. The molecule has 2 nitrogen and oxygen atoms in total. The van der Waals surface area contributed by atoms with Gasteiger partial charge in [-0.05, 0) is 33.2 Å². The van der Waals surface area contributed by atoms with Gasteiger partial charge in [-0.3, -0.25) is 0 Å². The molecule has 1 aliphatic rings. The maximum Gasteiger partial charge on any atom is 0.124 e. The van der Waals surface area contributed by atoms with Crippen molar-refractivity contribution >= 4 is 6.29 Å². The summed E-state index contributed by atoms with van der Waals surface area (Å²) in [6, 6.07) is 0.595. The summed E-state index contributed by atoms with van der Waals surface area (Å²) in [7, 11) is 0. The second kappa shape index (κ2) is 3.86. The molecule has 0 unspecified atom stereocenters. The molecule has 0 saturated carbocycles. The largest absolute Gasteiger partial charge is 0.303 e. The molecular weight excluding hydrogens is 138 g/mol. The third kappa shape index (κ3) is 2.29. The predicted molar refractivity (Wildman–Crippen MR) is 45.5 cm³/mol. The number of carbonyl (C=O) groups is 1. The first kappa shape index (κ1) is 8.72.